The Hall–Kier alpha value is -1.56. The van der Waals surface area contributed by atoms with Crippen molar-refractivity contribution in [2.24, 2.45) is 0 Å². The van der Waals surface area contributed by atoms with Crippen molar-refractivity contribution >= 4 is 0 Å². The summed E-state index contributed by atoms with van der Waals surface area (Å²) >= 11 is 0. The molecule has 0 aliphatic heterocycles. The number of hydrogen-bond acceptors (Lipinski definition) is 0. The minimum atomic E-state index is 0.626. The first-order chi connectivity index (χ1) is 12.5. The molecule has 0 amide bonds. The van der Waals surface area contributed by atoms with E-state index in [0.29, 0.717) is 29.6 Å². The second-order valence-electron chi connectivity index (χ2n) is 9.38. The van der Waals surface area contributed by atoms with Gasteiger partial charge in [0.05, 0.1) is 0 Å². The Bertz CT molecular complexity index is 599. The predicted molar refractivity (Wildman–Crippen MR) is 123 cm³/mol. The monoisotopic (exact) mass is 366 g/mol. The summed E-state index contributed by atoms with van der Waals surface area (Å²) in [4.78, 5) is 0. The van der Waals surface area contributed by atoms with Crippen LogP contribution in [0.25, 0.3) is 0 Å². The van der Waals surface area contributed by atoms with Crippen LogP contribution in [0.4, 0.5) is 0 Å². The molecule has 0 fully saturated rings. The fourth-order valence-electron chi connectivity index (χ4n) is 2.98. The van der Waals surface area contributed by atoms with Gasteiger partial charge in [0.2, 0.25) is 0 Å². The molecule has 0 nitrogen and oxygen atoms in total. The Morgan fingerprint density at radius 2 is 0.593 bits per heavy atom. The van der Waals surface area contributed by atoms with Crippen molar-refractivity contribution in [3.8, 4) is 0 Å². The van der Waals surface area contributed by atoms with Crippen LogP contribution in [0.2, 0.25) is 0 Å². The van der Waals surface area contributed by atoms with Gasteiger partial charge >= 0.3 is 0 Å². The average Bonchev–Trinajstić information content (AvgIpc) is 2.61. The van der Waals surface area contributed by atoms with Crippen LogP contribution in [0.1, 0.15) is 127 Å². The summed E-state index contributed by atoms with van der Waals surface area (Å²) in [5.41, 5.74) is 7.32. The molecular weight excluding hydrogens is 324 g/mol. The van der Waals surface area contributed by atoms with Gasteiger partial charge in [-0.3, -0.25) is 0 Å². The Balaban J connectivity index is 0.000000277. The zero-order valence-electron chi connectivity index (χ0n) is 19.4. The first-order valence-corrected chi connectivity index (χ1v) is 10.8. The largest absolute Gasteiger partial charge is 0.0617 e. The molecule has 2 aromatic carbocycles. The molecule has 0 saturated heterocycles. The Morgan fingerprint density at radius 1 is 0.370 bits per heavy atom. The molecular formula is C27H42. The maximum atomic E-state index is 2.36. The molecule has 0 bridgehead atoms. The first kappa shape index (κ1) is 23.5. The van der Waals surface area contributed by atoms with Gasteiger partial charge in [-0.25, -0.2) is 0 Å². The Morgan fingerprint density at radius 3 is 0.815 bits per heavy atom. The minimum absolute atomic E-state index is 0.626. The van der Waals surface area contributed by atoms with Crippen molar-refractivity contribution in [2.75, 3.05) is 0 Å². The summed E-state index contributed by atoms with van der Waals surface area (Å²) in [6.07, 6.45) is 0. The van der Waals surface area contributed by atoms with Gasteiger partial charge in [-0.1, -0.05) is 112 Å². The lowest BCUT2D eigenvalue weighted by Gasteiger charge is -2.16. The minimum Gasteiger partial charge on any atom is -0.0617 e. The van der Waals surface area contributed by atoms with Crippen LogP contribution in [-0.2, 0) is 0 Å². The van der Waals surface area contributed by atoms with Crippen LogP contribution >= 0.6 is 0 Å². The van der Waals surface area contributed by atoms with E-state index in [1.807, 2.05) is 0 Å². The van der Waals surface area contributed by atoms with E-state index in [9.17, 15) is 0 Å². The van der Waals surface area contributed by atoms with Crippen molar-refractivity contribution in [3.05, 3.63) is 70.3 Å². The van der Waals surface area contributed by atoms with Gasteiger partial charge in [-0.15, -0.1) is 0 Å². The summed E-state index contributed by atoms with van der Waals surface area (Å²) in [6, 6.07) is 16.0. The number of rotatable bonds is 5. The van der Waals surface area contributed by atoms with Crippen LogP contribution < -0.4 is 0 Å². The van der Waals surface area contributed by atoms with Gasteiger partial charge in [-0.05, 0) is 57.4 Å². The highest BCUT2D eigenvalue weighted by atomic mass is 14.1. The molecule has 2 aromatic rings. The summed E-state index contributed by atoms with van der Waals surface area (Å²) < 4.78 is 0. The lowest BCUT2D eigenvalue weighted by Crippen LogP contribution is -1.98. The van der Waals surface area contributed by atoms with Gasteiger partial charge in [0.15, 0.2) is 0 Å². The van der Waals surface area contributed by atoms with Crippen molar-refractivity contribution < 1.29 is 0 Å². The van der Waals surface area contributed by atoms with Gasteiger partial charge in [0, 0.05) is 0 Å². The molecule has 0 radical (unpaired) electrons. The molecule has 2 rings (SSSR count). The van der Waals surface area contributed by atoms with E-state index in [2.05, 4.69) is 112 Å². The molecule has 0 spiro atoms. The molecule has 0 heteroatoms. The number of benzene rings is 2. The molecule has 0 aromatic heterocycles. The van der Waals surface area contributed by atoms with Crippen molar-refractivity contribution in [3.63, 3.8) is 0 Å². The zero-order chi connectivity index (χ0) is 20.7. The van der Waals surface area contributed by atoms with Crippen LogP contribution in [0.15, 0.2) is 42.5 Å². The van der Waals surface area contributed by atoms with Crippen LogP contribution in [0, 0.1) is 0 Å². The maximum Gasteiger partial charge on any atom is -0.0219 e. The third kappa shape index (κ3) is 7.53. The van der Waals surface area contributed by atoms with Crippen LogP contribution in [0.5, 0.6) is 0 Å². The fourth-order valence-corrected chi connectivity index (χ4v) is 2.98. The molecule has 0 unspecified atom stereocenters. The third-order valence-electron chi connectivity index (χ3n) is 5.24. The third-order valence-corrected chi connectivity index (χ3v) is 5.24. The summed E-state index contributed by atoms with van der Waals surface area (Å²) in [5.74, 6) is 3.16. The maximum absolute atomic E-state index is 2.36. The Labute approximate surface area is 169 Å². The van der Waals surface area contributed by atoms with Gasteiger partial charge in [0.25, 0.3) is 0 Å². The first-order valence-electron chi connectivity index (χ1n) is 10.8. The standard InChI is InChI=1S/C15H24.C12H18/c1-10(2)13-7-14(11(3)4)9-15(8-13)12(5)6;1-9(2)11-6-5-7-12(8-11)10(3)4/h7-12H,1-6H3;5-10H,1-4H3. The topological polar surface area (TPSA) is 0 Å². The second kappa shape index (κ2) is 10.7. The zero-order valence-corrected chi connectivity index (χ0v) is 19.4. The highest BCUT2D eigenvalue weighted by Crippen LogP contribution is 2.27. The number of hydrogen-bond donors (Lipinski definition) is 0. The van der Waals surface area contributed by atoms with Gasteiger partial charge in [0.1, 0.15) is 0 Å². The normalized spacial score (nSPS) is 11.5. The lowest BCUT2D eigenvalue weighted by atomic mass is 9.90. The second-order valence-corrected chi connectivity index (χ2v) is 9.38. The molecule has 27 heavy (non-hydrogen) atoms. The van der Waals surface area contributed by atoms with Gasteiger partial charge in [-0.2, -0.15) is 0 Å². The quantitative estimate of drug-likeness (QED) is 0.495. The molecule has 0 N–H and O–H groups in total. The summed E-state index contributed by atoms with van der Waals surface area (Å²) in [7, 11) is 0. The molecule has 0 aliphatic rings. The SMILES string of the molecule is CC(C)c1cc(C(C)C)cc(C(C)C)c1.CC(C)c1cccc(C(C)C)c1. The van der Waals surface area contributed by atoms with Crippen LogP contribution in [0.3, 0.4) is 0 Å². The fraction of sp³-hybridized carbons (Fsp3) is 0.556. The summed E-state index contributed by atoms with van der Waals surface area (Å²) in [5, 5.41) is 0. The van der Waals surface area contributed by atoms with E-state index in [-0.39, 0.29) is 0 Å². The summed E-state index contributed by atoms with van der Waals surface area (Å²) in [6.45, 7) is 22.5. The van der Waals surface area contributed by atoms with E-state index in [1.54, 1.807) is 0 Å². The van der Waals surface area contributed by atoms with Crippen molar-refractivity contribution in [1.29, 1.82) is 0 Å². The molecule has 0 aliphatic carbocycles. The van der Waals surface area contributed by atoms with E-state index >= 15 is 0 Å². The molecule has 0 saturated carbocycles. The molecule has 150 valence electrons. The van der Waals surface area contributed by atoms with Crippen molar-refractivity contribution in [2.45, 2.75) is 98.8 Å². The van der Waals surface area contributed by atoms with E-state index in [1.165, 1.54) is 27.8 Å². The average molecular weight is 367 g/mol. The molecule has 0 heterocycles. The van der Waals surface area contributed by atoms with E-state index in [0.717, 1.165) is 0 Å². The highest BCUT2D eigenvalue weighted by Gasteiger charge is 2.09. The highest BCUT2D eigenvalue weighted by molar-refractivity contribution is 5.35. The smallest absolute Gasteiger partial charge is 0.0219 e. The van der Waals surface area contributed by atoms with Crippen molar-refractivity contribution in [1.82, 2.24) is 0 Å². The van der Waals surface area contributed by atoms with E-state index < -0.39 is 0 Å². The van der Waals surface area contributed by atoms with Gasteiger partial charge < -0.3 is 0 Å². The molecule has 0 atom stereocenters. The predicted octanol–water partition coefficient (Wildman–Crippen LogP) is 8.99. The van der Waals surface area contributed by atoms with E-state index in [4.69, 9.17) is 0 Å². The lowest BCUT2D eigenvalue weighted by molar-refractivity contribution is 0.804. The van der Waals surface area contributed by atoms with Crippen LogP contribution in [-0.4, -0.2) is 0 Å². The Kier molecular flexibility index (Phi) is 9.30.